The van der Waals surface area contributed by atoms with Crippen LogP contribution >= 0.6 is 0 Å². The number of carbonyl (C=O) groups is 1. The summed E-state index contributed by atoms with van der Waals surface area (Å²) in [6, 6.07) is 22.2. The van der Waals surface area contributed by atoms with E-state index in [1.54, 1.807) is 42.5 Å². The molecule has 6 heteroatoms. The molecule has 29 heavy (non-hydrogen) atoms. The molecule has 0 bridgehead atoms. The Morgan fingerprint density at radius 1 is 0.931 bits per heavy atom. The molecule has 148 valence electrons. The van der Waals surface area contributed by atoms with E-state index >= 15 is 0 Å². The van der Waals surface area contributed by atoms with Crippen molar-refractivity contribution in [2.75, 3.05) is 4.72 Å². The Labute approximate surface area is 171 Å². The van der Waals surface area contributed by atoms with Crippen LogP contribution in [0.5, 0.6) is 0 Å². The third kappa shape index (κ3) is 4.92. The Hall–Kier alpha value is -3.38. The molecule has 0 heterocycles. The second kappa shape index (κ2) is 8.75. The van der Waals surface area contributed by atoms with Crippen LogP contribution in [0.2, 0.25) is 0 Å². The molecular weight excluding hydrogens is 384 g/mol. The van der Waals surface area contributed by atoms with E-state index in [0.29, 0.717) is 0 Å². The number of para-hydroxylation sites is 1. The Morgan fingerprint density at radius 3 is 2.21 bits per heavy atom. The molecule has 1 atom stereocenters. The van der Waals surface area contributed by atoms with Gasteiger partial charge in [0.15, 0.2) is 0 Å². The van der Waals surface area contributed by atoms with Gasteiger partial charge in [-0.05, 0) is 42.3 Å². The average Bonchev–Trinajstić information content (AvgIpc) is 2.74. The van der Waals surface area contributed by atoms with Crippen LogP contribution < -0.4 is 10.0 Å². The highest BCUT2D eigenvalue weighted by Gasteiger charge is 2.19. The van der Waals surface area contributed by atoms with Gasteiger partial charge in [0.25, 0.3) is 15.9 Å². The van der Waals surface area contributed by atoms with Gasteiger partial charge in [0.2, 0.25) is 0 Å². The molecule has 5 nitrogen and oxygen atoms in total. The van der Waals surface area contributed by atoms with Gasteiger partial charge in [0.1, 0.15) is 0 Å². The second-order valence-corrected chi connectivity index (χ2v) is 8.21. The number of nitrogens with one attached hydrogen (secondary N) is 2. The molecule has 0 fully saturated rings. The van der Waals surface area contributed by atoms with Gasteiger partial charge < -0.3 is 5.32 Å². The van der Waals surface area contributed by atoms with Crippen LogP contribution in [-0.2, 0) is 10.0 Å². The van der Waals surface area contributed by atoms with Crippen molar-refractivity contribution < 1.29 is 13.2 Å². The third-order valence-corrected chi connectivity index (χ3v) is 5.87. The molecule has 0 spiro atoms. The lowest BCUT2D eigenvalue weighted by Crippen LogP contribution is -2.28. The van der Waals surface area contributed by atoms with Crippen molar-refractivity contribution in [3.8, 4) is 0 Å². The monoisotopic (exact) mass is 406 g/mol. The first-order valence-corrected chi connectivity index (χ1v) is 10.6. The number of anilines is 1. The smallest absolute Gasteiger partial charge is 0.261 e. The van der Waals surface area contributed by atoms with E-state index in [1.807, 2.05) is 37.3 Å². The van der Waals surface area contributed by atoms with Gasteiger partial charge in [0, 0.05) is 0 Å². The zero-order valence-corrected chi connectivity index (χ0v) is 16.8. The van der Waals surface area contributed by atoms with Crippen molar-refractivity contribution in [2.45, 2.75) is 17.9 Å². The summed E-state index contributed by atoms with van der Waals surface area (Å²) in [5.74, 6) is -0.360. The summed E-state index contributed by atoms with van der Waals surface area (Å²) < 4.78 is 28.0. The van der Waals surface area contributed by atoms with Crippen LogP contribution in [0.15, 0.2) is 90.3 Å². The molecule has 0 aliphatic carbocycles. The molecular formula is C23H22N2O3S. The summed E-state index contributed by atoms with van der Waals surface area (Å²) >= 11 is 0. The number of sulfonamides is 1. The van der Waals surface area contributed by atoms with E-state index in [4.69, 9.17) is 0 Å². The molecule has 0 saturated carbocycles. The predicted molar refractivity (Wildman–Crippen MR) is 116 cm³/mol. The van der Waals surface area contributed by atoms with Gasteiger partial charge in [-0.1, -0.05) is 67.3 Å². The standard InChI is InChI=1S/C23H22N2O3S/c1-3-18-13-15-20(16-14-18)29(27,28)25-22-12-8-7-11-21(22)23(26)24-17(2)19-9-5-4-6-10-19/h3-17,25H,1H2,2H3,(H,24,26). The number of benzene rings is 3. The first-order valence-electron chi connectivity index (χ1n) is 9.11. The maximum absolute atomic E-state index is 12.8. The second-order valence-electron chi connectivity index (χ2n) is 6.53. The van der Waals surface area contributed by atoms with E-state index in [-0.39, 0.29) is 28.1 Å². The topological polar surface area (TPSA) is 75.3 Å². The maximum atomic E-state index is 12.8. The maximum Gasteiger partial charge on any atom is 0.261 e. The van der Waals surface area contributed by atoms with Crippen molar-refractivity contribution in [1.29, 1.82) is 0 Å². The summed E-state index contributed by atoms with van der Waals surface area (Å²) in [7, 11) is -3.84. The number of rotatable bonds is 7. The quantitative estimate of drug-likeness (QED) is 0.601. The highest BCUT2D eigenvalue weighted by atomic mass is 32.2. The van der Waals surface area contributed by atoms with Crippen molar-refractivity contribution >= 4 is 27.7 Å². The molecule has 1 amide bonds. The van der Waals surface area contributed by atoms with E-state index in [0.717, 1.165) is 11.1 Å². The van der Waals surface area contributed by atoms with Crippen molar-refractivity contribution in [3.63, 3.8) is 0 Å². The number of hydrogen-bond donors (Lipinski definition) is 2. The summed E-state index contributed by atoms with van der Waals surface area (Å²) in [6.45, 7) is 5.53. The molecule has 0 aliphatic heterocycles. The van der Waals surface area contributed by atoms with Crippen molar-refractivity contribution in [1.82, 2.24) is 5.32 Å². The summed E-state index contributed by atoms with van der Waals surface area (Å²) in [4.78, 5) is 12.9. The van der Waals surface area contributed by atoms with Gasteiger partial charge in [-0.25, -0.2) is 8.42 Å². The van der Waals surface area contributed by atoms with E-state index < -0.39 is 10.0 Å². The minimum Gasteiger partial charge on any atom is -0.345 e. The van der Waals surface area contributed by atoms with E-state index in [1.165, 1.54) is 12.1 Å². The zero-order chi connectivity index (χ0) is 20.9. The van der Waals surface area contributed by atoms with Gasteiger partial charge >= 0.3 is 0 Å². The largest absolute Gasteiger partial charge is 0.345 e. The molecule has 3 aromatic carbocycles. The summed E-state index contributed by atoms with van der Waals surface area (Å²) in [5, 5.41) is 2.91. The lowest BCUT2D eigenvalue weighted by Gasteiger charge is -2.17. The van der Waals surface area contributed by atoms with Crippen LogP contribution in [0.3, 0.4) is 0 Å². The molecule has 0 saturated heterocycles. The fraction of sp³-hybridized carbons (Fsp3) is 0.0870. The van der Waals surface area contributed by atoms with Gasteiger partial charge in [-0.2, -0.15) is 0 Å². The van der Waals surface area contributed by atoms with Gasteiger partial charge in [0.05, 0.1) is 22.2 Å². The average molecular weight is 407 g/mol. The van der Waals surface area contributed by atoms with Crippen LogP contribution in [0.4, 0.5) is 5.69 Å². The summed E-state index contributed by atoms with van der Waals surface area (Å²) in [6.07, 6.45) is 1.64. The van der Waals surface area contributed by atoms with Crippen LogP contribution in [0, 0.1) is 0 Å². The van der Waals surface area contributed by atoms with Crippen LogP contribution in [0.1, 0.15) is 34.5 Å². The highest BCUT2D eigenvalue weighted by Crippen LogP contribution is 2.22. The number of carbonyl (C=O) groups excluding carboxylic acids is 1. The molecule has 0 radical (unpaired) electrons. The first-order chi connectivity index (χ1) is 13.9. The predicted octanol–water partition coefficient (Wildman–Crippen LogP) is 4.62. The van der Waals surface area contributed by atoms with E-state index in [9.17, 15) is 13.2 Å². The Kier molecular flexibility index (Phi) is 6.14. The third-order valence-electron chi connectivity index (χ3n) is 4.49. The van der Waals surface area contributed by atoms with Crippen molar-refractivity contribution in [3.05, 3.63) is 102 Å². The SMILES string of the molecule is C=Cc1ccc(S(=O)(=O)Nc2ccccc2C(=O)NC(C)c2ccccc2)cc1. The van der Waals surface area contributed by atoms with E-state index in [2.05, 4.69) is 16.6 Å². The minimum atomic E-state index is -3.84. The van der Waals surface area contributed by atoms with Gasteiger partial charge in [-0.3, -0.25) is 9.52 Å². The van der Waals surface area contributed by atoms with Crippen LogP contribution in [-0.4, -0.2) is 14.3 Å². The molecule has 3 aromatic rings. The molecule has 1 unspecified atom stereocenters. The fourth-order valence-corrected chi connectivity index (χ4v) is 3.94. The molecule has 3 rings (SSSR count). The van der Waals surface area contributed by atoms with Crippen molar-refractivity contribution in [2.24, 2.45) is 0 Å². The number of amides is 1. The highest BCUT2D eigenvalue weighted by molar-refractivity contribution is 7.92. The zero-order valence-electron chi connectivity index (χ0n) is 16.0. The molecule has 0 aromatic heterocycles. The lowest BCUT2D eigenvalue weighted by atomic mass is 10.1. The fourth-order valence-electron chi connectivity index (χ4n) is 2.86. The Balaban J connectivity index is 1.82. The van der Waals surface area contributed by atoms with Gasteiger partial charge in [-0.15, -0.1) is 0 Å². The normalized spacial score (nSPS) is 12.0. The Bertz CT molecular complexity index is 1110. The summed E-state index contributed by atoms with van der Waals surface area (Å²) in [5.41, 5.74) is 2.25. The van der Waals surface area contributed by atoms with Crippen LogP contribution in [0.25, 0.3) is 6.08 Å². The molecule has 0 aliphatic rings. The Morgan fingerprint density at radius 2 is 1.55 bits per heavy atom. The lowest BCUT2D eigenvalue weighted by molar-refractivity contribution is 0.0941. The number of hydrogen-bond acceptors (Lipinski definition) is 3. The minimum absolute atomic E-state index is 0.107. The first kappa shape index (κ1) is 20.4. The molecule has 2 N–H and O–H groups in total.